The maximum absolute atomic E-state index is 12.0. The molecule has 1 fully saturated rings. The number of nitrogens with one attached hydrogen (secondary N) is 1. The van der Waals surface area contributed by atoms with Crippen LogP contribution in [0.25, 0.3) is 0 Å². The van der Waals surface area contributed by atoms with Crippen LogP contribution in [0, 0.1) is 0 Å². The molecule has 0 spiro atoms. The summed E-state index contributed by atoms with van der Waals surface area (Å²) in [5, 5.41) is 3.30. The standard InChI is InChI=1S/C11H22N2O/c1-3-9-13(4-2)11(14)10-7-5-6-8-12-10/h10,12H,3-9H2,1-2H3/t10-/m0/s1. The number of piperidine rings is 1. The van der Waals surface area contributed by atoms with Crippen LogP contribution in [0.5, 0.6) is 0 Å². The third-order valence-electron chi connectivity index (χ3n) is 2.80. The number of rotatable bonds is 4. The van der Waals surface area contributed by atoms with Crippen LogP contribution in [0.2, 0.25) is 0 Å². The zero-order valence-electron chi connectivity index (χ0n) is 9.38. The molecule has 82 valence electrons. The van der Waals surface area contributed by atoms with Crippen LogP contribution in [0.15, 0.2) is 0 Å². The van der Waals surface area contributed by atoms with E-state index in [0.717, 1.165) is 32.5 Å². The molecule has 1 N–H and O–H groups in total. The van der Waals surface area contributed by atoms with E-state index in [-0.39, 0.29) is 6.04 Å². The lowest BCUT2D eigenvalue weighted by atomic mass is 10.0. The van der Waals surface area contributed by atoms with Gasteiger partial charge in [0, 0.05) is 13.1 Å². The van der Waals surface area contributed by atoms with Gasteiger partial charge in [-0.25, -0.2) is 0 Å². The van der Waals surface area contributed by atoms with Gasteiger partial charge in [0.05, 0.1) is 6.04 Å². The molecule has 1 saturated heterocycles. The van der Waals surface area contributed by atoms with Gasteiger partial charge in [-0.1, -0.05) is 13.3 Å². The second-order valence-corrected chi connectivity index (χ2v) is 3.92. The molecule has 1 amide bonds. The third-order valence-corrected chi connectivity index (χ3v) is 2.80. The van der Waals surface area contributed by atoms with E-state index in [4.69, 9.17) is 0 Å². The average Bonchev–Trinajstić information content (AvgIpc) is 2.26. The quantitative estimate of drug-likeness (QED) is 0.740. The molecule has 3 heteroatoms. The lowest BCUT2D eigenvalue weighted by molar-refractivity contribution is -0.133. The van der Waals surface area contributed by atoms with Crippen LogP contribution >= 0.6 is 0 Å². The van der Waals surface area contributed by atoms with E-state index in [9.17, 15) is 4.79 Å². The normalized spacial score (nSPS) is 22.0. The molecule has 0 radical (unpaired) electrons. The van der Waals surface area contributed by atoms with Crippen molar-refractivity contribution >= 4 is 5.91 Å². The van der Waals surface area contributed by atoms with Crippen molar-refractivity contribution < 1.29 is 4.79 Å². The van der Waals surface area contributed by atoms with Crippen molar-refractivity contribution in [1.29, 1.82) is 0 Å². The van der Waals surface area contributed by atoms with Gasteiger partial charge in [-0.15, -0.1) is 0 Å². The van der Waals surface area contributed by atoms with Gasteiger partial charge in [0.15, 0.2) is 0 Å². The smallest absolute Gasteiger partial charge is 0.239 e. The average molecular weight is 198 g/mol. The molecule has 1 atom stereocenters. The summed E-state index contributed by atoms with van der Waals surface area (Å²) in [6, 6.07) is 0.0928. The Bertz CT molecular complexity index is 169. The minimum Gasteiger partial charge on any atom is -0.342 e. The van der Waals surface area contributed by atoms with Crippen molar-refractivity contribution in [2.45, 2.75) is 45.6 Å². The highest BCUT2D eigenvalue weighted by atomic mass is 16.2. The van der Waals surface area contributed by atoms with Gasteiger partial charge in [0.2, 0.25) is 5.91 Å². The van der Waals surface area contributed by atoms with Gasteiger partial charge in [-0.2, -0.15) is 0 Å². The molecule has 1 heterocycles. The largest absolute Gasteiger partial charge is 0.342 e. The van der Waals surface area contributed by atoms with Crippen molar-refractivity contribution in [2.75, 3.05) is 19.6 Å². The van der Waals surface area contributed by atoms with E-state index in [0.29, 0.717) is 5.91 Å². The predicted molar refractivity (Wildman–Crippen MR) is 58.2 cm³/mol. The van der Waals surface area contributed by atoms with Gasteiger partial charge < -0.3 is 10.2 Å². The molecule has 0 unspecified atom stereocenters. The molecular weight excluding hydrogens is 176 g/mol. The molecule has 0 aromatic heterocycles. The SMILES string of the molecule is CCCN(CC)C(=O)[C@@H]1CCCCN1. The van der Waals surface area contributed by atoms with Crippen LogP contribution in [-0.4, -0.2) is 36.5 Å². The van der Waals surface area contributed by atoms with Crippen LogP contribution in [0.1, 0.15) is 39.5 Å². The molecule has 0 bridgehead atoms. The molecule has 1 aliphatic rings. The number of amides is 1. The molecular formula is C11H22N2O. The highest BCUT2D eigenvalue weighted by molar-refractivity contribution is 5.81. The van der Waals surface area contributed by atoms with E-state index in [1.807, 2.05) is 4.90 Å². The van der Waals surface area contributed by atoms with Crippen molar-refractivity contribution in [1.82, 2.24) is 10.2 Å². The zero-order chi connectivity index (χ0) is 10.4. The Hall–Kier alpha value is -0.570. The summed E-state index contributed by atoms with van der Waals surface area (Å²) in [5.74, 6) is 0.300. The van der Waals surface area contributed by atoms with Gasteiger partial charge in [0.1, 0.15) is 0 Å². The Labute approximate surface area is 86.9 Å². The van der Waals surface area contributed by atoms with Crippen LogP contribution in [0.4, 0.5) is 0 Å². The Morgan fingerprint density at radius 2 is 2.21 bits per heavy atom. The summed E-state index contributed by atoms with van der Waals surface area (Å²) < 4.78 is 0. The molecule has 1 rings (SSSR count). The van der Waals surface area contributed by atoms with Crippen molar-refractivity contribution in [3.05, 3.63) is 0 Å². The fourth-order valence-electron chi connectivity index (χ4n) is 1.98. The van der Waals surface area contributed by atoms with Crippen molar-refractivity contribution in [3.8, 4) is 0 Å². The van der Waals surface area contributed by atoms with Crippen LogP contribution < -0.4 is 5.32 Å². The number of likely N-dealkylation sites (N-methyl/N-ethyl adjacent to an activating group) is 1. The summed E-state index contributed by atoms with van der Waals surface area (Å²) in [5.41, 5.74) is 0. The Morgan fingerprint density at radius 3 is 2.71 bits per heavy atom. The maximum atomic E-state index is 12.0. The molecule has 1 aliphatic heterocycles. The number of hydrogen-bond donors (Lipinski definition) is 1. The van der Waals surface area contributed by atoms with Crippen molar-refractivity contribution in [2.24, 2.45) is 0 Å². The topological polar surface area (TPSA) is 32.3 Å². The van der Waals surface area contributed by atoms with E-state index >= 15 is 0 Å². The first kappa shape index (κ1) is 11.5. The predicted octanol–water partition coefficient (Wildman–Crippen LogP) is 1.39. The Kier molecular flexibility index (Phi) is 4.94. The van der Waals surface area contributed by atoms with Crippen LogP contribution in [0.3, 0.4) is 0 Å². The lowest BCUT2D eigenvalue weighted by Crippen LogP contribution is -2.48. The summed E-state index contributed by atoms with van der Waals surface area (Å²) in [4.78, 5) is 13.9. The molecule has 14 heavy (non-hydrogen) atoms. The minimum atomic E-state index is 0.0928. The summed E-state index contributed by atoms with van der Waals surface area (Å²) in [6.07, 6.45) is 4.46. The van der Waals surface area contributed by atoms with E-state index in [2.05, 4.69) is 19.2 Å². The zero-order valence-corrected chi connectivity index (χ0v) is 9.38. The fraction of sp³-hybridized carbons (Fsp3) is 0.909. The highest BCUT2D eigenvalue weighted by Crippen LogP contribution is 2.10. The third kappa shape index (κ3) is 2.98. The second kappa shape index (κ2) is 6.02. The highest BCUT2D eigenvalue weighted by Gasteiger charge is 2.23. The number of carbonyl (C=O) groups is 1. The van der Waals surface area contributed by atoms with E-state index in [1.54, 1.807) is 0 Å². The second-order valence-electron chi connectivity index (χ2n) is 3.92. The van der Waals surface area contributed by atoms with Gasteiger partial charge in [0.25, 0.3) is 0 Å². The number of hydrogen-bond acceptors (Lipinski definition) is 2. The maximum Gasteiger partial charge on any atom is 0.239 e. The van der Waals surface area contributed by atoms with Crippen LogP contribution in [-0.2, 0) is 4.79 Å². The first-order chi connectivity index (χ1) is 6.79. The first-order valence-electron chi connectivity index (χ1n) is 5.81. The summed E-state index contributed by atoms with van der Waals surface area (Å²) >= 11 is 0. The molecule has 0 saturated carbocycles. The summed E-state index contributed by atoms with van der Waals surface area (Å²) in [6.45, 7) is 6.90. The van der Waals surface area contributed by atoms with E-state index < -0.39 is 0 Å². The molecule has 0 aromatic carbocycles. The van der Waals surface area contributed by atoms with Gasteiger partial charge in [-0.05, 0) is 32.7 Å². The minimum absolute atomic E-state index is 0.0928. The monoisotopic (exact) mass is 198 g/mol. The Balaban J connectivity index is 2.43. The fourth-order valence-corrected chi connectivity index (χ4v) is 1.98. The van der Waals surface area contributed by atoms with Gasteiger partial charge >= 0.3 is 0 Å². The lowest BCUT2D eigenvalue weighted by Gasteiger charge is -2.29. The van der Waals surface area contributed by atoms with E-state index in [1.165, 1.54) is 12.8 Å². The number of carbonyl (C=O) groups excluding carboxylic acids is 1. The summed E-state index contributed by atoms with van der Waals surface area (Å²) in [7, 11) is 0. The Morgan fingerprint density at radius 1 is 1.43 bits per heavy atom. The molecule has 0 aromatic rings. The van der Waals surface area contributed by atoms with Crippen molar-refractivity contribution in [3.63, 3.8) is 0 Å². The molecule has 3 nitrogen and oxygen atoms in total. The number of nitrogens with zero attached hydrogens (tertiary/aromatic N) is 1. The van der Waals surface area contributed by atoms with Gasteiger partial charge in [-0.3, -0.25) is 4.79 Å². The molecule has 0 aliphatic carbocycles. The first-order valence-corrected chi connectivity index (χ1v) is 5.81.